The molecule has 0 aliphatic carbocycles. The Kier molecular flexibility index (Phi) is 7.57. The van der Waals surface area contributed by atoms with Gasteiger partial charge in [-0.2, -0.15) is 0 Å². The lowest BCUT2D eigenvalue weighted by Crippen LogP contribution is -2.48. The number of carbonyl (C=O) groups is 3. The molecule has 1 amide bonds. The van der Waals surface area contributed by atoms with E-state index in [1.807, 2.05) is 13.8 Å². The number of carboxylic acid groups (broad SMARTS) is 2. The number of carbonyl (C=O) groups excluding carboxylic acids is 1. The Morgan fingerprint density at radius 2 is 1.52 bits per heavy atom. The topological polar surface area (TPSA) is 107 Å². The molecule has 3 N–H and O–H groups in total. The van der Waals surface area contributed by atoms with Crippen molar-refractivity contribution in [3.8, 4) is 0 Å². The zero-order chi connectivity index (χ0) is 19.1. The Morgan fingerprint density at radius 3 is 1.92 bits per heavy atom. The van der Waals surface area contributed by atoms with E-state index in [0.717, 1.165) is 0 Å². The zero-order valence-electron chi connectivity index (χ0n) is 15.0. The standard InChI is InChI=1S/C18H26N2O5/c1-11(2)9-14(17(22)23)19-15(18(24)25)10-12-5-7-13(8-6-12)16(21)20(3)4/h5-8,11,14-15,19H,9-10H2,1-4H3,(H,22,23)(H,24,25)/t14-,15-/m0/s1. The second-order valence-electron chi connectivity index (χ2n) is 6.68. The molecule has 138 valence electrons. The van der Waals surface area contributed by atoms with E-state index >= 15 is 0 Å². The van der Waals surface area contributed by atoms with Gasteiger partial charge in [-0.3, -0.25) is 19.7 Å². The highest BCUT2D eigenvalue weighted by molar-refractivity contribution is 5.93. The van der Waals surface area contributed by atoms with Gasteiger partial charge in [0.05, 0.1) is 0 Å². The van der Waals surface area contributed by atoms with E-state index in [-0.39, 0.29) is 18.2 Å². The second kappa shape index (κ2) is 9.17. The van der Waals surface area contributed by atoms with Crippen LogP contribution >= 0.6 is 0 Å². The largest absolute Gasteiger partial charge is 0.480 e. The minimum atomic E-state index is -1.11. The first-order valence-corrected chi connectivity index (χ1v) is 8.14. The molecule has 1 rings (SSSR count). The van der Waals surface area contributed by atoms with Gasteiger partial charge in [-0.1, -0.05) is 26.0 Å². The molecule has 7 heteroatoms. The minimum absolute atomic E-state index is 0.124. The Labute approximate surface area is 147 Å². The summed E-state index contributed by atoms with van der Waals surface area (Å²) in [4.78, 5) is 36.1. The lowest BCUT2D eigenvalue weighted by atomic mass is 10.00. The SMILES string of the molecule is CC(C)C[C@H](N[C@@H](Cc1ccc(C(=O)N(C)C)cc1)C(=O)O)C(=O)O. The Balaban J connectivity index is 2.85. The molecule has 0 saturated heterocycles. The Hall–Kier alpha value is -2.41. The van der Waals surface area contributed by atoms with Crippen LogP contribution in [0.15, 0.2) is 24.3 Å². The molecule has 0 saturated carbocycles. The van der Waals surface area contributed by atoms with E-state index < -0.39 is 24.0 Å². The quantitative estimate of drug-likeness (QED) is 0.623. The zero-order valence-corrected chi connectivity index (χ0v) is 15.0. The summed E-state index contributed by atoms with van der Waals surface area (Å²) in [6.07, 6.45) is 0.475. The highest BCUT2D eigenvalue weighted by Gasteiger charge is 2.26. The molecule has 0 aromatic heterocycles. The van der Waals surface area contributed by atoms with Gasteiger partial charge in [-0.05, 0) is 36.5 Å². The van der Waals surface area contributed by atoms with Gasteiger partial charge in [0, 0.05) is 19.7 Å². The molecule has 2 atom stereocenters. The van der Waals surface area contributed by atoms with Gasteiger partial charge < -0.3 is 15.1 Å². The van der Waals surface area contributed by atoms with Crippen molar-refractivity contribution in [3.05, 3.63) is 35.4 Å². The maximum absolute atomic E-state index is 11.9. The van der Waals surface area contributed by atoms with Crippen molar-refractivity contribution in [3.63, 3.8) is 0 Å². The molecule has 1 aromatic carbocycles. The van der Waals surface area contributed by atoms with Crippen LogP contribution in [0.4, 0.5) is 0 Å². The number of nitrogens with zero attached hydrogens (tertiary/aromatic N) is 1. The molecule has 25 heavy (non-hydrogen) atoms. The summed E-state index contributed by atoms with van der Waals surface area (Å²) in [7, 11) is 3.31. The van der Waals surface area contributed by atoms with Crippen molar-refractivity contribution in [2.75, 3.05) is 14.1 Å². The molecule has 0 radical (unpaired) electrons. The van der Waals surface area contributed by atoms with Crippen LogP contribution in [0.3, 0.4) is 0 Å². The summed E-state index contributed by atoms with van der Waals surface area (Å²) in [5, 5.41) is 21.4. The van der Waals surface area contributed by atoms with Gasteiger partial charge in [0.25, 0.3) is 5.91 Å². The smallest absolute Gasteiger partial charge is 0.321 e. The molecule has 0 fully saturated rings. The van der Waals surface area contributed by atoms with Gasteiger partial charge in [0.2, 0.25) is 0 Å². The van der Waals surface area contributed by atoms with Crippen LogP contribution in [0.25, 0.3) is 0 Å². The fourth-order valence-corrected chi connectivity index (χ4v) is 2.45. The molecule has 0 spiro atoms. The van der Waals surface area contributed by atoms with Crippen LogP contribution in [0.5, 0.6) is 0 Å². The molecule has 0 heterocycles. The summed E-state index contributed by atoms with van der Waals surface area (Å²) in [6.45, 7) is 3.77. The third-order valence-corrected chi connectivity index (χ3v) is 3.75. The minimum Gasteiger partial charge on any atom is -0.480 e. The molecular weight excluding hydrogens is 324 g/mol. The van der Waals surface area contributed by atoms with E-state index in [1.54, 1.807) is 38.4 Å². The molecule has 0 unspecified atom stereocenters. The Morgan fingerprint density at radius 1 is 1.00 bits per heavy atom. The van der Waals surface area contributed by atoms with Gasteiger partial charge in [0.15, 0.2) is 0 Å². The van der Waals surface area contributed by atoms with Crippen LogP contribution in [0.2, 0.25) is 0 Å². The van der Waals surface area contributed by atoms with Crippen LogP contribution in [0.1, 0.15) is 36.2 Å². The summed E-state index contributed by atoms with van der Waals surface area (Å²) in [5.74, 6) is -2.18. The predicted octanol–water partition coefficient (Wildman–Crippen LogP) is 1.47. The fourth-order valence-electron chi connectivity index (χ4n) is 2.45. The first-order valence-electron chi connectivity index (χ1n) is 8.14. The van der Waals surface area contributed by atoms with Crippen molar-refractivity contribution in [1.29, 1.82) is 0 Å². The van der Waals surface area contributed by atoms with Gasteiger partial charge in [0.1, 0.15) is 12.1 Å². The number of hydrogen-bond donors (Lipinski definition) is 3. The summed E-state index contributed by atoms with van der Waals surface area (Å²) >= 11 is 0. The fraction of sp³-hybridized carbons (Fsp3) is 0.500. The van der Waals surface area contributed by atoms with E-state index in [9.17, 15) is 24.6 Å². The third-order valence-electron chi connectivity index (χ3n) is 3.75. The average molecular weight is 350 g/mol. The number of hydrogen-bond acceptors (Lipinski definition) is 4. The molecule has 1 aromatic rings. The third kappa shape index (κ3) is 6.54. The van der Waals surface area contributed by atoms with E-state index in [2.05, 4.69) is 5.32 Å². The van der Waals surface area contributed by atoms with Crippen molar-refractivity contribution in [1.82, 2.24) is 10.2 Å². The Bertz CT molecular complexity index is 610. The van der Waals surface area contributed by atoms with E-state index in [0.29, 0.717) is 17.5 Å². The van der Waals surface area contributed by atoms with Crippen LogP contribution in [0, 0.1) is 5.92 Å². The van der Waals surface area contributed by atoms with Gasteiger partial charge in [-0.15, -0.1) is 0 Å². The average Bonchev–Trinajstić information content (AvgIpc) is 2.52. The highest BCUT2D eigenvalue weighted by atomic mass is 16.4. The highest BCUT2D eigenvalue weighted by Crippen LogP contribution is 2.11. The maximum atomic E-state index is 11.9. The molecule has 7 nitrogen and oxygen atoms in total. The van der Waals surface area contributed by atoms with Crippen LogP contribution in [-0.4, -0.2) is 59.1 Å². The molecular formula is C18H26N2O5. The lowest BCUT2D eigenvalue weighted by molar-refractivity contribution is -0.142. The first kappa shape index (κ1) is 20.6. The monoisotopic (exact) mass is 350 g/mol. The molecule has 0 aliphatic heterocycles. The number of aliphatic carboxylic acids is 2. The lowest BCUT2D eigenvalue weighted by Gasteiger charge is -2.22. The normalized spacial score (nSPS) is 13.3. The summed E-state index contributed by atoms with van der Waals surface area (Å²) in [6, 6.07) is 4.71. The van der Waals surface area contributed by atoms with Gasteiger partial charge in [-0.25, -0.2) is 0 Å². The van der Waals surface area contributed by atoms with Crippen molar-refractivity contribution < 1.29 is 24.6 Å². The van der Waals surface area contributed by atoms with Crippen molar-refractivity contribution in [2.24, 2.45) is 5.92 Å². The second-order valence-corrected chi connectivity index (χ2v) is 6.68. The molecule has 0 bridgehead atoms. The van der Waals surface area contributed by atoms with E-state index in [4.69, 9.17) is 0 Å². The van der Waals surface area contributed by atoms with Crippen molar-refractivity contribution in [2.45, 2.75) is 38.8 Å². The maximum Gasteiger partial charge on any atom is 0.321 e. The predicted molar refractivity (Wildman–Crippen MR) is 93.6 cm³/mol. The molecule has 0 aliphatic rings. The number of nitrogens with one attached hydrogen (secondary N) is 1. The van der Waals surface area contributed by atoms with E-state index in [1.165, 1.54) is 4.90 Å². The van der Waals surface area contributed by atoms with Crippen LogP contribution in [-0.2, 0) is 16.0 Å². The number of rotatable bonds is 9. The number of benzene rings is 1. The number of carboxylic acids is 2. The van der Waals surface area contributed by atoms with Crippen molar-refractivity contribution >= 4 is 17.8 Å². The number of amides is 1. The first-order chi connectivity index (χ1) is 11.6. The van der Waals surface area contributed by atoms with Crippen LogP contribution < -0.4 is 5.32 Å². The van der Waals surface area contributed by atoms with Gasteiger partial charge >= 0.3 is 11.9 Å². The summed E-state index contributed by atoms with van der Waals surface area (Å²) in [5.41, 5.74) is 1.22. The summed E-state index contributed by atoms with van der Waals surface area (Å²) < 4.78 is 0.